The molecule has 0 spiro atoms. The zero-order valence-electron chi connectivity index (χ0n) is 22.3. The first-order valence-electron chi connectivity index (χ1n) is 13.8. The lowest BCUT2D eigenvalue weighted by Gasteiger charge is -2.45. The number of piperidine rings is 1. The summed E-state index contributed by atoms with van der Waals surface area (Å²) < 4.78 is 14.9. The van der Waals surface area contributed by atoms with Crippen molar-refractivity contribution in [1.82, 2.24) is 4.90 Å². The number of hydrogen-bond acceptors (Lipinski definition) is 3. The smallest absolute Gasteiger partial charge is 0.261 e. The van der Waals surface area contributed by atoms with Crippen LogP contribution in [-0.2, 0) is 0 Å². The highest BCUT2D eigenvalue weighted by Crippen LogP contribution is 2.38. The topological polar surface area (TPSA) is 26.8 Å². The van der Waals surface area contributed by atoms with Crippen LogP contribution in [-0.4, -0.2) is 50.1 Å². The van der Waals surface area contributed by atoms with Gasteiger partial charge in [-0.05, 0) is 73.6 Å². The van der Waals surface area contributed by atoms with Crippen molar-refractivity contribution in [2.24, 2.45) is 0 Å². The number of halogens is 2. The number of anilines is 2. The zero-order valence-corrected chi connectivity index (χ0v) is 23.1. The van der Waals surface area contributed by atoms with Crippen LogP contribution in [0, 0.1) is 5.82 Å². The lowest BCUT2D eigenvalue weighted by molar-refractivity contribution is 0.0892. The van der Waals surface area contributed by atoms with E-state index in [1.807, 2.05) is 48.2 Å². The Labute approximate surface area is 231 Å². The van der Waals surface area contributed by atoms with Gasteiger partial charge < -0.3 is 9.80 Å². The first kappa shape index (κ1) is 26.7. The molecule has 1 amide bonds. The van der Waals surface area contributed by atoms with Crippen molar-refractivity contribution in [2.75, 3.05) is 37.0 Å². The number of likely N-dealkylation sites (tertiary alicyclic amines) is 1. The van der Waals surface area contributed by atoms with Crippen molar-refractivity contribution >= 4 is 28.9 Å². The summed E-state index contributed by atoms with van der Waals surface area (Å²) >= 11 is 6.18. The van der Waals surface area contributed by atoms with Gasteiger partial charge in [0.25, 0.3) is 5.91 Å². The van der Waals surface area contributed by atoms with Crippen molar-refractivity contribution in [1.29, 1.82) is 0 Å². The molecule has 3 aromatic carbocycles. The molecule has 1 saturated carbocycles. The quantitative estimate of drug-likeness (QED) is 0.330. The van der Waals surface area contributed by atoms with Gasteiger partial charge in [-0.1, -0.05) is 60.8 Å². The summed E-state index contributed by atoms with van der Waals surface area (Å²) in [5, 5.41) is 0.357. The van der Waals surface area contributed by atoms with E-state index in [4.69, 9.17) is 11.6 Å². The first-order chi connectivity index (χ1) is 18.4. The molecule has 4 nitrogen and oxygen atoms in total. The van der Waals surface area contributed by atoms with Crippen LogP contribution in [0.5, 0.6) is 0 Å². The Bertz CT molecular complexity index is 1240. The van der Waals surface area contributed by atoms with E-state index in [0.29, 0.717) is 17.0 Å². The summed E-state index contributed by atoms with van der Waals surface area (Å²) in [6, 6.07) is 23.6. The maximum atomic E-state index is 14.9. The fourth-order valence-electron chi connectivity index (χ4n) is 6.32. The molecule has 3 aromatic rings. The van der Waals surface area contributed by atoms with Gasteiger partial charge in [0.1, 0.15) is 5.82 Å². The van der Waals surface area contributed by atoms with Crippen LogP contribution >= 0.6 is 11.6 Å². The van der Waals surface area contributed by atoms with Crippen molar-refractivity contribution < 1.29 is 9.18 Å². The van der Waals surface area contributed by atoms with E-state index < -0.39 is 5.82 Å². The molecule has 0 unspecified atom stereocenters. The van der Waals surface area contributed by atoms with Gasteiger partial charge in [-0.25, -0.2) is 4.39 Å². The van der Waals surface area contributed by atoms with E-state index in [1.54, 1.807) is 0 Å². The van der Waals surface area contributed by atoms with Crippen molar-refractivity contribution in [3.05, 3.63) is 94.8 Å². The molecule has 1 aliphatic carbocycles. The first-order valence-corrected chi connectivity index (χ1v) is 14.1. The normalized spacial score (nSPS) is 20.7. The van der Waals surface area contributed by atoms with Gasteiger partial charge in [0.05, 0.1) is 5.56 Å². The molecule has 5 rings (SSSR count). The molecule has 0 radical (unpaired) electrons. The molecule has 2 aliphatic rings. The molecule has 1 saturated heterocycles. The number of rotatable bonds is 6. The Kier molecular flexibility index (Phi) is 8.35. The number of carbonyl (C=O) groups is 1. The molecule has 0 bridgehead atoms. The summed E-state index contributed by atoms with van der Waals surface area (Å²) in [6.45, 7) is 1.85. The average Bonchev–Trinajstić information content (AvgIpc) is 2.95. The van der Waals surface area contributed by atoms with Gasteiger partial charge in [0, 0.05) is 55.7 Å². The molecule has 200 valence electrons. The molecule has 0 aromatic heterocycles. The number of benzene rings is 3. The van der Waals surface area contributed by atoms with Crippen LogP contribution in [0.1, 0.15) is 60.4 Å². The zero-order chi connectivity index (χ0) is 26.6. The van der Waals surface area contributed by atoms with Crippen LogP contribution in [0.15, 0.2) is 72.8 Å². The number of nitrogens with zero attached hydrogens (tertiary/aromatic N) is 3. The van der Waals surface area contributed by atoms with E-state index >= 15 is 0 Å². The highest BCUT2D eigenvalue weighted by Gasteiger charge is 2.36. The van der Waals surface area contributed by atoms with Crippen LogP contribution < -0.4 is 9.80 Å². The average molecular weight is 534 g/mol. The Balaban J connectivity index is 1.40. The Morgan fingerprint density at radius 3 is 2.32 bits per heavy atom. The van der Waals surface area contributed by atoms with Gasteiger partial charge >= 0.3 is 0 Å². The van der Waals surface area contributed by atoms with Crippen LogP contribution in [0.4, 0.5) is 15.8 Å². The highest BCUT2D eigenvalue weighted by atomic mass is 35.5. The molecular weight excluding hydrogens is 497 g/mol. The van der Waals surface area contributed by atoms with Gasteiger partial charge in [-0.3, -0.25) is 9.69 Å². The van der Waals surface area contributed by atoms with E-state index in [1.165, 1.54) is 49.4 Å². The van der Waals surface area contributed by atoms with Crippen molar-refractivity contribution in [2.45, 2.75) is 56.5 Å². The summed E-state index contributed by atoms with van der Waals surface area (Å²) in [6.07, 6.45) is 6.68. The maximum absolute atomic E-state index is 14.9. The lowest BCUT2D eigenvalue weighted by atomic mass is 9.78. The van der Waals surface area contributed by atoms with Gasteiger partial charge in [-0.15, -0.1) is 0 Å². The minimum Gasteiger partial charge on any atom is -0.378 e. The standard InChI is InChI=1S/C32H37ClFN3O/c1-35(2)26-11-8-12-27(22-26)37(32(38)29-21-24(33)15-16-30(29)34)25-17-19-36(20-18-25)31-14-7-6-13-28(31)23-9-4-3-5-10-23/h3-5,8-12,15-16,21-22,25,28,31H,6-7,13-14,17-20H2,1-2H3/t28-,31-/m1/s1. The summed E-state index contributed by atoms with van der Waals surface area (Å²) in [4.78, 5) is 20.4. The predicted molar refractivity (Wildman–Crippen MR) is 155 cm³/mol. The van der Waals surface area contributed by atoms with Crippen LogP contribution in [0.25, 0.3) is 0 Å². The third kappa shape index (κ3) is 5.74. The SMILES string of the molecule is CN(C)c1cccc(N(C(=O)c2cc(Cl)ccc2F)C2CCN([C@@H]3CCCC[C@@H]3c3ccccc3)CC2)c1. The summed E-state index contributed by atoms with van der Waals surface area (Å²) in [5.74, 6) is -0.325. The van der Waals surface area contributed by atoms with E-state index in [-0.39, 0.29) is 17.5 Å². The molecule has 1 heterocycles. The third-order valence-corrected chi connectivity index (χ3v) is 8.53. The Morgan fingerprint density at radius 1 is 0.868 bits per heavy atom. The number of amides is 1. The number of carbonyl (C=O) groups excluding carboxylic acids is 1. The predicted octanol–water partition coefficient (Wildman–Crippen LogP) is 7.38. The molecule has 2 atom stereocenters. The monoisotopic (exact) mass is 533 g/mol. The second-order valence-electron chi connectivity index (χ2n) is 10.8. The molecular formula is C32H37ClFN3O. The minimum absolute atomic E-state index is 0.0200. The fourth-order valence-corrected chi connectivity index (χ4v) is 6.49. The molecule has 38 heavy (non-hydrogen) atoms. The largest absolute Gasteiger partial charge is 0.378 e. The lowest BCUT2D eigenvalue weighted by Crippen LogP contribution is -2.52. The Hall–Kier alpha value is -2.89. The second-order valence-corrected chi connectivity index (χ2v) is 11.3. The third-order valence-electron chi connectivity index (χ3n) is 8.29. The highest BCUT2D eigenvalue weighted by molar-refractivity contribution is 6.31. The molecule has 2 fully saturated rings. The second kappa shape index (κ2) is 11.9. The fraction of sp³-hybridized carbons (Fsp3) is 0.406. The van der Waals surface area contributed by atoms with Gasteiger partial charge in [-0.2, -0.15) is 0 Å². The van der Waals surface area contributed by atoms with E-state index in [9.17, 15) is 9.18 Å². The molecule has 0 N–H and O–H groups in total. The molecule has 1 aliphatic heterocycles. The Morgan fingerprint density at radius 2 is 1.58 bits per heavy atom. The van der Waals surface area contributed by atoms with Crippen LogP contribution in [0.2, 0.25) is 5.02 Å². The van der Waals surface area contributed by atoms with E-state index in [0.717, 1.165) is 37.3 Å². The minimum atomic E-state index is -0.543. The summed E-state index contributed by atoms with van der Waals surface area (Å²) in [5.41, 5.74) is 3.25. The van der Waals surface area contributed by atoms with E-state index in [2.05, 4.69) is 35.2 Å². The number of hydrogen-bond donors (Lipinski definition) is 0. The summed E-state index contributed by atoms with van der Waals surface area (Å²) in [7, 11) is 3.96. The molecule has 6 heteroatoms. The van der Waals surface area contributed by atoms with Crippen molar-refractivity contribution in [3.63, 3.8) is 0 Å². The van der Waals surface area contributed by atoms with Crippen LogP contribution in [0.3, 0.4) is 0 Å². The maximum Gasteiger partial charge on any atom is 0.261 e. The van der Waals surface area contributed by atoms with Gasteiger partial charge in [0.2, 0.25) is 0 Å². The van der Waals surface area contributed by atoms with Gasteiger partial charge in [0.15, 0.2) is 0 Å². The van der Waals surface area contributed by atoms with Crippen molar-refractivity contribution in [3.8, 4) is 0 Å².